The number of carbonyl (C=O) groups excluding carboxylic acids is 1. The molecule has 14 atom stereocenters. The fourth-order valence-corrected chi connectivity index (χ4v) is 18.5. The largest absolute Gasteiger partial charge is 0.488 e. The van der Waals surface area contributed by atoms with Gasteiger partial charge in [0.1, 0.15) is 23.7 Å². The fourth-order valence-electron chi connectivity index (χ4n) is 18.5. The van der Waals surface area contributed by atoms with E-state index in [4.69, 9.17) is 14.2 Å². The molecule has 0 aromatic heterocycles. The first kappa shape index (κ1) is 43.7. The molecule has 8 bridgehead atoms. The quantitative estimate of drug-likeness (QED) is 0.317. The third kappa shape index (κ3) is 4.71. The van der Waals surface area contributed by atoms with Gasteiger partial charge in [0.05, 0.1) is 17.8 Å². The number of fused-ring (bicyclic) bond motifs is 4. The van der Waals surface area contributed by atoms with E-state index in [1.807, 2.05) is 18.7 Å². The summed E-state index contributed by atoms with van der Waals surface area (Å²) < 4.78 is 19.7. The number of amides is 1. The molecule has 2 aromatic rings. The molecule has 64 heavy (non-hydrogen) atoms. The van der Waals surface area contributed by atoms with Gasteiger partial charge in [-0.3, -0.25) is 0 Å². The lowest BCUT2D eigenvalue weighted by Gasteiger charge is -2.75. The Hall–Kier alpha value is -2.81. The summed E-state index contributed by atoms with van der Waals surface area (Å²) in [5.74, 6) is 2.64. The monoisotopic (exact) mass is 877 g/mol. The van der Waals surface area contributed by atoms with E-state index in [2.05, 4.69) is 112 Å². The van der Waals surface area contributed by atoms with E-state index in [1.165, 1.54) is 52.8 Å². The second-order valence-corrected chi connectivity index (χ2v) is 26.4. The van der Waals surface area contributed by atoms with Crippen molar-refractivity contribution in [2.24, 2.45) is 44.3 Å². The van der Waals surface area contributed by atoms with Gasteiger partial charge in [-0.2, -0.15) is 0 Å². The Bertz CT molecular complexity index is 2340. The first-order valence-electron chi connectivity index (χ1n) is 25.4. The molecule has 4 spiro atoms. The van der Waals surface area contributed by atoms with Gasteiger partial charge in [0.2, 0.25) is 0 Å². The van der Waals surface area contributed by atoms with E-state index in [-0.39, 0.29) is 79.5 Å². The van der Waals surface area contributed by atoms with Gasteiger partial charge in [-0.05, 0) is 157 Å². The van der Waals surface area contributed by atoms with Crippen molar-refractivity contribution < 1.29 is 29.2 Å². The third-order valence-electron chi connectivity index (χ3n) is 22.6. The van der Waals surface area contributed by atoms with Gasteiger partial charge in [0.15, 0.2) is 0 Å². The summed E-state index contributed by atoms with van der Waals surface area (Å²) in [6, 6.07) is 9.79. The zero-order valence-electron chi connectivity index (χ0n) is 41.9. The molecule has 8 fully saturated rings. The molecule has 14 rings (SSSR count). The van der Waals surface area contributed by atoms with Crippen LogP contribution >= 0.6 is 0 Å². The summed E-state index contributed by atoms with van der Waals surface area (Å²) in [6.07, 6.45) is 10.8. The van der Waals surface area contributed by atoms with E-state index in [1.54, 1.807) is 5.56 Å². The number of hydrogen-bond donors (Lipinski definition) is 2. The highest BCUT2D eigenvalue weighted by atomic mass is 16.6. The molecule has 12 aliphatic rings. The average molecular weight is 877 g/mol. The standard InChI is InChI=1S/C29H41NO4.C27H39NO2/c1-8-33-24(31)30-14-13-29-21-18-10-9-17(2)22(21)34-23(29)26(6)11-12-28(29,20(30)15-18)16-19(26)27(7,32)25(3,4)5;1-16-8-9-17-14-19-26-11-10-24(5,18(15-26)25(6,29)23(2,3)4)22-27(26,12-13-28(19)7)20(17)21(16)30-22/h9-10,19-20,23,32H,8,11-16H2,1-7H3;8-9,18-19,22,29H,10-15H2,1-7H3/t19-,20?,23-,26?,27?,28?,29-;18-,19?,22-,24?,25?,26?,27-/m00/s1. The lowest BCUT2D eigenvalue weighted by Crippen LogP contribution is -2.80. The van der Waals surface area contributed by atoms with Crippen molar-refractivity contribution >= 4 is 6.09 Å². The zero-order valence-corrected chi connectivity index (χ0v) is 41.9. The Kier molecular flexibility index (Phi) is 8.77. The second-order valence-electron chi connectivity index (χ2n) is 26.4. The van der Waals surface area contributed by atoms with Crippen LogP contribution in [0.4, 0.5) is 4.79 Å². The Balaban J connectivity index is 0.000000144. The molecule has 0 radical (unpaired) electrons. The van der Waals surface area contributed by atoms with Crippen molar-refractivity contribution in [1.29, 1.82) is 0 Å². The van der Waals surface area contributed by atoms with Gasteiger partial charge in [-0.1, -0.05) is 79.7 Å². The zero-order chi connectivity index (χ0) is 46.0. The summed E-state index contributed by atoms with van der Waals surface area (Å²) in [6.45, 7) is 30.7. The van der Waals surface area contributed by atoms with Gasteiger partial charge >= 0.3 is 6.09 Å². The van der Waals surface area contributed by atoms with Crippen molar-refractivity contribution in [3.05, 3.63) is 57.6 Å². The van der Waals surface area contributed by atoms with E-state index < -0.39 is 11.2 Å². The highest BCUT2D eigenvalue weighted by Gasteiger charge is 2.82. The number of nitrogens with zero attached hydrogens (tertiary/aromatic N) is 2. The number of ether oxygens (including phenoxy) is 3. The predicted molar refractivity (Wildman–Crippen MR) is 251 cm³/mol. The molecule has 4 aliphatic heterocycles. The van der Waals surface area contributed by atoms with Crippen LogP contribution in [-0.4, -0.2) is 88.3 Å². The maximum Gasteiger partial charge on any atom is 0.410 e. The Morgan fingerprint density at radius 1 is 0.688 bits per heavy atom. The lowest BCUT2D eigenvalue weighted by atomic mass is 9.31. The number of hydrogen-bond acceptors (Lipinski definition) is 7. The van der Waals surface area contributed by atoms with Crippen molar-refractivity contribution in [2.75, 3.05) is 26.7 Å². The van der Waals surface area contributed by atoms with Crippen LogP contribution in [0.3, 0.4) is 0 Å². The normalized spacial score (nSPS) is 43.2. The highest BCUT2D eigenvalue weighted by Crippen LogP contribution is 2.81. The van der Waals surface area contributed by atoms with E-state index in [0.717, 1.165) is 57.2 Å². The van der Waals surface area contributed by atoms with Crippen LogP contribution in [0.1, 0.15) is 161 Å². The summed E-state index contributed by atoms with van der Waals surface area (Å²) >= 11 is 0. The Morgan fingerprint density at radius 3 is 1.58 bits per heavy atom. The van der Waals surface area contributed by atoms with Crippen molar-refractivity contribution in [2.45, 2.75) is 201 Å². The van der Waals surface area contributed by atoms with Crippen molar-refractivity contribution in [1.82, 2.24) is 9.80 Å². The summed E-state index contributed by atoms with van der Waals surface area (Å²) in [5, 5.41) is 24.2. The molecule has 6 saturated carbocycles. The third-order valence-corrected chi connectivity index (χ3v) is 22.6. The number of carbonyl (C=O) groups is 1. The van der Waals surface area contributed by atoms with Gasteiger partial charge in [-0.15, -0.1) is 0 Å². The molecular formula is C56H80N2O6. The van der Waals surface area contributed by atoms with Crippen LogP contribution in [0.25, 0.3) is 0 Å². The molecule has 2 aromatic carbocycles. The summed E-state index contributed by atoms with van der Waals surface area (Å²) in [4.78, 5) is 17.9. The van der Waals surface area contributed by atoms with Crippen LogP contribution in [0, 0.1) is 58.2 Å². The van der Waals surface area contributed by atoms with E-state index >= 15 is 0 Å². The topological polar surface area (TPSA) is 91.7 Å². The molecule has 8 aliphatic carbocycles. The molecule has 4 heterocycles. The number of likely N-dealkylation sites (tertiary alicyclic amines) is 2. The van der Waals surface area contributed by atoms with Crippen LogP contribution < -0.4 is 9.47 Å². The number of likely N-dealkylation sites (N-methyl/N-ethyl adjacent to an activating group) is 1. The molecule has 350 valence electrons. The Labute approximate surface area is 384 Å². The first-order chi connectivity index (χ1) is 29.7. The minimum Gasteiger partial charge on any atom is -0.488 e. The summed E-state index contributed by atoms with van der Waals surface area (Å²) in [5.41, 5.74) is 6.44. The lowest BCUT2D eigenvalue weighted by molar-refractivity contribution is -0.274. The van der Waals surface area contributed by atoms with Crippen LogP contribution in [0.5, 0.6) is 11.5 Å². The van der Waals surface area contributed by atoms with Gasteiger partial charge < -0.3 is 34.2 Å². The highest BCUT2D eigenvalue weighted by molar-refractivity contribution is 5.71. The molecule has 2 saturated heterocycles. The molecule has 1 amide bonds. The first-order valence-corrected chi connectivity index (χ1v) is 25.4. The predicted octanol–water partition coefficient (Wildman–Crippen LogP) is 10.2. The number of benzene rings is 2. The summed E-state index contributed by atoms with van der Waals surface area (Å²) in [7, 11) is 2.34. The SMILES string of the molecule is CCOC(=O)N1CC[C@]23c4c5ccc(C)c4O[C@H]2C2(C)CCC3(C[C@@H]2C(C)(O)C(C)(C)C)C1C5.Cc1ccc2c3c1O[C@H]1C4(C)CCC5(C[C@@H]4C(C)(O)C(C)(C)C)C(C2)N(C)CC[C@]315. The molecule has 8 heteroatoms. The van der Waals surface area contributed by atoms with Crippen molar-refractivity contribution in [3.8, 4) is 11.5 Å². The maximum atomic E-state index is 13.2. The maximum absolute atomic E-state index is 13.2. The molecule has 2 N–H and O–H groups in total. The smallest absolute Gasteiger partial charge is 0.410 e. The average Bonchev–Trinajstić information content (AvgIpc) is 3.78. The second kappa shape index (κ2) is 12.8. The number of aryl methyl sites for hydroxylation is 2. The molecule has 8 unspecified atom stereocenters. The van der Waals surface area contributed by atoms with Gasteiger partial charge in [0, 0.05) is 62.2 Å². The molecule has 8 nitrogen and oxygen atoms in total. The number of rotatable bonds is 3. The minimum absolute atomic E-state index is 0.000931. The van der Waals surface area contributed by atoms with E-state index in [0.29, 0.717) is 19.2 Å². The van der Waals surface area contributed by atoms with Crippen LogP contribution in [0.15, 0.2) is 24.3 Å². The van der Waals surface area contributed by atoms with Crippen molar-refractivity contribution in [3.63, 3.8) is 0 Å². The Morgan fingerprint density at radius 2 is 1.12 bits per heavy atom. The number of piperidine rings is 2. The fraction of sp³-hybridized carbons (Fsp3) is 0.768. The van der Waals surface area contributed by atoms with E-state index in [9.17, 15) is 15.0 Å². The van der Waals surface area contributed by atoms with Crippen LogP contribution in [0.2, 0.25) is 0 Å². The van der Waals surface area contributed by atoms with Gasteiger partial charge in [0.25, 0.3) is 0 Å². The molecular weight excluding hydrogens is 797 g/mol. The number of aliphatic hydroxyl groups is 2. The van der Waals surface area contributed by atoms with Crippen LogP contribution in [-0.2, 0) is 28.4 Å². The minimum atomic E-state index is -0.854. The van der Waals surface area contributed by atoms with Gasteiger partial charge in [-0.25, -0.2) is 4.79 Å².